The Bertz CT molecular complexity index is 1550. The Morgan fingerprint density at radius 1 is 0.919 bits per heavy atom. The Morgan fingerprint density at radius 3 is 2.16 bits per heavy atom. The largest absolute Gasteiger partial charge is 0.417 e. The van der Waals surface area contributed by atoms with Crippen LogP contribution in [0.3, 0.4) is 0 Å². The predicted octanol–water partition coefficient (Wildman–Crippen LogP) is 6.55. The maximum Gasteiger partial charge on any atom is 0.417 e. The van der Waals surface area contributed by atoms with Crippen molar-refractivity contribution in [2.75, 3.05) is 5.75 Å². The van der Waals surface area contributed by atoms with Gasteiger partial charge in [0.05, 0.1) is 21.9 Å². The number of hydrogen-bond acceptors (Lipinski definition) is 4. The molecule has 0 atom stereocenters. The summed E-state index contributed by atoms with van der Waals surface area (Å²) in [4.78, 5) is 4.70. The Morgan fingerprint density at radius 2 is 1.57 bits per heavy atom. The van der Waals surface area contributed by atoms with E-state index in [1.54, 1.807) is 66.9 Å². The van der Waals surface area contributed by atoms with Gasteiger partial charge in [-0.25, -0.2) is 13.4 Å². The zero-order chi connectivity index (χ0) is 27.2. The molecule has 9 heteroatoms. The average molecular weight is 529 g/mol. The normalized spacial score (nSPS) is 12.6. The SMILES string of the molecule is CCS(=O)(=O)c1cccc(-c2ccc(-n3c(-c4ccccc4C(F)(F)F)nc(C(C)(C)O)c3C)cc2)c1. The highest BCUT2D eigenvalue weighted by atomic mass is 32.2. The van der Waals surface area contributed by atoms with Gasteiger partial charge < -0.3 is 5.11 Å². The van der Waals surface area contributed by atoms with E-state index in [0.29, 0.717) is 16.9 Å². The summed E-state index contributed by atoms with van der Waals surface area (Å²) in [5.74, 6) is 0.0485. The first-order valence-electron chi connectivity index (χ1n) is 11.7. The Hall–Kier alpha value is -3.43. The second-order valence-corrected chi connectivity index (χ2v) is 11.6. The van der Waals surface area contributed by atoms with Crippen molar-refractivity contribution in [1.82, 2.24) is 9.55 Å². The lowest BCUT2D eigenvalue weighted by Crippen LogP contribution is -2.17. The van der Waals surface area contributed by atoms with Crippen LogP contribution in [0.4, 0.5) is 13.2 Å². The van der Waals surface area contributed by atoms with Gasteiger partial charge in [0.15, 0.2) is 9.84 Å². The molecule has 0 aliphatic rings. The summed E-state index contributed by atoms with van der Waals surface area (Å²) in [6.45, 7) is 6.35. The number of imidazole rings is 1. The fraction of sp³-hybridized carbons (Fsp3) is 0.250. The van der Waals surface area contributed by atoms with Gasteiger partial charge in [0.25, 0.3) is 0 Å². The monoisotopic (exact) mass is 528 g/mol. The van der Waals surface area contributed by atoms with E-state index < -0.39 is 27.2 Å². The van der Waals surface area contributed by atoms with Gasteiger partial charge in [0.1, 0.15) is 11.4 Å². The molecule has 0 bridgehead atoms. The van der Waals surface area contributed by atoms with Crippen LogP contribution in [-0.4, -0.2) is 28.8 Å². The molecule has 4 rings (SSSR count). The molecule has 0 saturated carbocycles. The smallest absolute Gasteiger partial charge is 0.384 e. The number of nitrogens with zero attached hydrogens (tertiary/aromatic N) is 2. The summed E-state index contributed by atoms with van der Waals surface area (Å²) in [5.41, 5.74) is 0.447. The number of sulfone groups is 1. The van der Waals surface area contributed by atoms with Crippen LogP contribution in [0.25, 0.3) is 28.2 Å². The van der Waals surface area contributed by atoms with E-state index in [-0.39, 0.29) is 27.7 Å². The number of alkyl halides is 3. The van der Waals surface area contributed by atoms with E-state index >= 15 is 0 Å². The maximum atomic E-state index is 13.9. The molecule has 0 radical (unpaired) electrons. The fourth-order valence-electron chi connectivity index (χ4n) is 4.34. The lowest BCUT2D eigenvalue weighted by Gasteiger charge is -2.17. The highest BCUT2D eigenvalue weighted by Gasteiger charge is 2.36. The molecule has 4 aromatic rings. The van der Waals surface area contributed by atoms with E-state index in [4.69, 9.17) is 0 Å². The van der Waals surface area contributed by atoms with Crippen molar-refractivity contribution in [2.45, 2.75) is 44.4 Å². The third-order valence-electron chi connectivity index (χ3n) is 6.19. The number of halogens is 3. The van der Waals surface area contributed by atoms with Crippen molar-refractivity contribution in [1.29, 1.82) is 0 Å². The van der Waals surface area contributed by atoms with Crippen LogP contribution in [0.2, 0.25) is 0 Å². The van der Waals surface area contributed by atoms with Crippen LogP contribution < -0.4 is 0 Å². The molecule has 0 saturated heterocycles. The highest BCUT2D eigenvalue weighted by molar-refractivity contribution is 7.91. The minimum absolute atomic E-state index is 0.0129. The standard InChI is InChI=1S/C28H27F3N2O3S/c1-5-37(35,36)22-10-8-9-20(17-22)19-13-15-21(16-14-19)33-18(2)25(27(3,4)34)32-26(33)23-11-6-7-12-24(23)28(29,30)31/h6-17,34H,5H2,1-4H3. The van der Waals surface area contributed by atoms with Crippen molar-refractivity contribution >= 4 is 9.84 Å². The number of aromatic nitrogens is 2. The molecule has 0 aliphatic heterocycles. The van der Waals surface area contributed by atoms with Crippen molar-refractivity contribution in [3.8, 4) is 28.2 Å². The van der Waals surface area contributed by atoms with Gasteiger partial charge in [0.2, 0.25) is 0 Å². The molecule has 3 aromatic carbocycles. The van der Waals surface area contributed by atoms with Crippen molar-refractivity contribution < 1.29 is 26.7 Å². The van der Waals surface area contributed by atoms with E-state index in [0.717, 1.165) is 11.6 Å². The summed E-state index contributed by atoms with van der Waals surface area (Å²) in [6, 6.07) is 18.9. The topological polar surface area (TPSA) is 72.2 Å². The molecular weight excluding hydrogens is 501 g/mol. The van der Waals surface area contributed by atoms with Crippen LogP contribution in [0, 0.1) is 6.92 Å². The molecule has 0 spiro atoms. The van der Waals surface area contributed by atoms with Gasteiger partial charge in [-0.3, -0.25) is 4.57 Å². The molecule has 1 heterocycles. The predicted molar refractivity (Wildman–Crippen MR) is 137 cm³/mol. The van der Waals surface area contributed by atoms with Crippen LogP contribution in [-0.2, 0) is 21.6 Å². The molecule has 0 unspecified atom stereocenters. The lowest BCUT2D eigenvalue weighted by molar-refractivity contribution is -0.137. The number of hydrogen-bond donors (Lipinski definition) is 1. The molecule has 1 aromatic heterocycles. The van der Waals surface area contributed by atoms with Crippen molar-refractivity contribution in [2.24, 2.45) is 0 Å². The minimum atomic E-state index is -4.59. The average Bonchev–Trinajstić information content (AvgIpc) is 3.21. The van der Waals surface area contributed by atoms with Crippen LogP contribution in [0.1, 0.15) is 37.7 Å². The summed E-state index contributed by atoms with van der Waals surface area (Å²) in [6.07, 6.45) is -4.59. The second kappa shape index (κ2) is 9.46. The van der Waals surface area contributed by atoms with E-state index in [1.807, 2.05) is 0 Å². The van der Waals surface area contributed by atoms with E-state index in [2.05, 4.69) is 4.98 Å². The van der Waals surface area contributed by atoms with Gasteiger partial charge in [-0.1, -0.05) is 49.4 Å². The first-order chi connectivity index (χ1) is 17.2. The van der Waals surface area contributed by atoms with Gasteiger partial charge in [-0.2, -0.15) is 13.2 Å². The van der Waals surface area contributed by atoms with Gasteiger partial charge >= 0.3 is 6.18 Å². The van der Waals surface area contributed by atoms with E-state index in [9.17, 15) is 26.7 Å². The minimum Gasteiger partial charge on any atom is -0.384 e. The number of benzene rings is 3. The van der Waals surface area contributed by atoms with Crippen molar-refractivity contribution in [3.63, 3.8) is 0 Å². The van der Waals surface area contributed by atoms with Crippen LogP contribution in [0.15, 0.2) is 77.7 Å². The Balaban J connectivity index is 1.88. The van der Waals surface area contributed by atoms with Gasteiger partial charge in [0, 0.05) is 16.9 Å². The molecule has 5 nitrogen and oxygen atoms in total. The first-order valence-corrected chi connectivity index (χ1v) is 13.3. The molecule has 0 fully saturated rings. The third kappa shape index (κ3) is 5.19. The number of rotatable bonds is 6. The fourth-order valence-corrected chi connectivity index (χ4v) is 5.27. The highest BCUT2D eigenvalue weighted by Crippen LogP contribution is 2.39. The zero-order valence-corrected chi connectivity index (χ0v) is 21.7. The quantitative estimate of drug-likeness (QED) is 0.308. The maximum absolute atomic E-state index is 13.9. The summed E-state index contributed by atoms with van der Waals surface area (Å²) in [5, 5.41) is 10.7. The Kier molecular flexibility index (Phi) is 6.81. The van der Waals surface area contributed by atoms with E-state index in [1.165, 1.54) is 32.0 Å². The Labute approximate surface area is 214 Å². The number of aliphatic hydroxyl groups is 1. The lowest BCUT2D eigenvalue weighted by atomic mass is 10.0. The second-order valence-electron chi connectivity index (χ2n) is 9.29. The third-order valence-corrected chi connectivity index (χ3v) is 7.92. The molecule has 1 N–H and O–H groups in total. The van der Waals surface area contributed by atoms with Crippen molar-refractivity contribution in [3.05, 3.63) is 89.7 Å². The van der Waals surface area contributed by atoms with Gasteiger partial charge in [-0.15, -0.1) is 0 Å². The molecule has 37 heavy (non-hydrogen) atoms. The van der Waals surface area contributed by atoms with Crippen LogP contribution in [0.5, 0.6) is 0 Å². The molecule has 0 amide bonds. The summed E-state index contributed by atoms with van der Waals surface area (Å²) < 4.78 is 67.8. The summed E-state index contributed by atoms with van der Waals surface area (Å²) in [7, 11) is -3.38. The summed E-state index contributed by atoms with van der Waals surface area (Å²) >= 11 is 0. The molecule has 0 aliphatic carbocycles. The molecule has 194 valence electrons. The van der Waals surface area contributed by atoms with Gasteiger partial charge in [-0.05, 0) is 62.2 Å². The van der Waals surface area contributed by atoms with Crippen LogP contribution >= 0.6 is 0 Å². The molecular formula is C28H27F3N2O3S. The first kappa shape index (κ1) is 26.6. The zero-order valence-electron chi connectivity index (χ0n) is 20.8.